The Morgan fingerprint density at radius 2 is 1.69 bits per heavy atom. The average molecular weight is 444 g/mol. The zero-order valence-corrected chi connectivity index (χ0v) is 17.6. The van der Waals surface area contributed by atoms with Crippen molar-refractivity contribution in [1.82, 2.24) is 0 Å². The fourth-order valence-corrected chi connectivity index (χ4v) is 4.40. The van der Waals surface area contributed by atoms with Crippen molar-refractivity contribution < 1.29 is 14.0 Å². The second kappa shape index (κ2) is 8.11. The Bertz CT molecular complexity index is 1120. The van der Waals surface area contributed by atoms with Gasteiger partial charge in [-0.2, -0.15) is 0 Å². The van der Waals surface area contributed by atoms with Crippen molar-refractivity contribution in [2.45, 2.75) is 12.7 Å². The van der Waals surface area contributed by atoms with Gasteiger partial charge in [0.05, 0.1) is 28.2 Å². The molecule has 0 aliphatic carbocycles. The second-order valence-electron chi connectivity index (χ2n) is 6.46. The Kier molecular flexibility index (Phi) is 5.54. The third kappa shape index (κ3) is 3.86. The minimum absolute atomic E-state index is 0.350. The van der Waals surface area contributed by atoms with Crippen LogP contribution in [0.2, 0.25) is 10.0 Å². The molecule has 1 aliphatic heterocycles. The third-order valence-corrected chi connectivity index (χ3v) is 6.11. The highest BCUT2D eigenvalue weighted by Crippen LogP contribution is 2.41. The lowest BCUT2D eigenvalue weighted by atomic mass is 10.1. The van der Waals surface area contributed by atoms with Gasteiger partial charge in [-0.1, -0.05) is 41.4 Å². The fourth-order valence-electron chi connectivity index (χ4n) is 3.09. The molecule has 0 saturated carbocycles. The normalized spacial score (nSPS) is 14.2. The van der Waals surface area contributed by atoms with Crippen LogP contribution in [0.3, 0.4) is 0 Å². The number of anilines is 1. The molecule has 0 saturated heterocycles. The lowest BCUT2D eigenvalue weighted by Gasteiger charge is -2.18. The zero-order chi connectivity index (χ0) is 20.5. The number of carbonyl (C=O) groups excluding carboxylic acids is 2. The monoisotopic (exact) mass is 443 g/mol. The molecule has 0 unspecified atom stereocenters. The van der Waals surface area contributed by atoms with Crippen LogP contribution in [0.25, 0.3) is 5.57 Å². The smallest absolute Gasteiger partial charge is 0.272 e. The summed E-state index contributed by atoms with van der Waals surface area (Å²) < 4.78 is 5.37. The number of furan rings is 1. The minimum Gasteiger partial charge on any atom is -0.468 e. The summed E-state index contributed by atoms with van der Waals surface area (Å²) in [6.07, 6.45) is 1.58. The van der Waals surface area contributed by atoms with Crippen molar-refractivity contribution in [3.63, 3.8) is 0 Å². The molecule has 2 heterocycles. The van der Waals surface area contributed by atoms with Gasteiger partial charge in [0.25, 0.3) is 11.8 Å². The van der Waals surface area contributed by atoms with E-state index >= 15 is 0 Å². The van der Waals surface area contributed by atoms with Gasteiger partial charge in [-0.05, 0) is 54.4 Å². The van der Waals surface area contributed by atoms with Crippen LogP contribution in [-0.4, -0.2) is 11.8 Å². The molecule has 0 fully saturated rings. The van der Waals surface area contributed by atoms with Crippen molar-refractivity contribution in [2.24, 2.45) is 0 Å². The first-order chi connectivity index (χ1) is 14.0. The number of halogens is 2. The maximum absolute atomic E-state index is 13.4. The van der Waals surface area contributed by atoms with Gasteiger partial charge in [-0.25, -0.2) is 4.90 Å². The van der Waals surface area contributed by atoms with Crippen molar-refractivity contribution in [1.29, 1.82) is 0 Å². The highest BCUT2D eigenvalue weighted by atomic mass is 35.5. The molecule has 0 radical (unpaired) electrons. The molecule has 0 bridgehead atoms. The van der Waals surface area contributed by atoms with Crippen LogP contribution in [0.4, 0.5) is 5.69 Å². The largest absolute Gasteiger partial charge is 0.468 e. The van der Waals surface area contributed by atoms with Crippen LogP contribution < -0.4 is 4.90 Å². The zero-order valence-electron chi connectivity index (χ0n) is 15.3. The number of nitrogens with zero attached hydrogens (tertiary/aromatic N) is 1. The van der Waals surface area contributed by atoms with Crippen LogP contribution >= 0.6 is 35.0 Å². The summed E-state index contributed by atoms with van der Waals surface area (Å²) in [6.45, 7) is 1.84. The molecule has 1 aromatic heterocycles. The standard InChI is InChI=1S/C22H15Cl2NO3S/c1-13-4-7-16(24)11-18(13)25-21(26)19(14-5-8-15(23)9-6-14)20(22(25)27)29-12-17-3-2-10-28-17/h2-11H,12H2,1H3. The lowest BCUT2D eigenvalue weighted by molar-refractivity contribution is -0.119. The van der Waals surface area contributed by atoms with Gasteiger partial charge >= 0.3 is 0 Å². The van der Waals surface area contributed by atoms with E-state index in [1.54, 1.807) is 54.8 Å². The summed E-state index contributed by atoms with van der Waals surface area (Å²) in [7, 11) is 0. The topological polar surface area (TPSA) is 50.5 Å². The summed E-state index contributed by atoms with van der Waals surface area (Å²) in [5.74, 6) is 0.392. The Morgan fingerprint density at radius 3 is 2.38 bits per heavy atom. The quantitative estimate of drug-likeness (QED) is 0.446. The minimum atomic E-state index is -0.385. The van der Waals surface area contributed by atoms with E-state index in [0.29, 0.717) is 37.5 Å². The Labute approximate surface area is 182 Å². The number of carbonyl (C=O) groups is 2. The van der Waals surface area contributed by atoms with E-state index in [1.165, 1.54) is 16.7 Å². The molecule has 2 aromatic carbocycles. The predicted molar refractivity (Wildman–Crippen MR) is 117 cm³/mol. The van der Waals surface area contributed by atoms with Gasteiger partial charge in [0.2, 0.25) is 0 Å². The molecule has 0 N–H and O–H groups in total. The molecule has 3 aromatic rings. The Hall–Kier alpha value is -2.47. The molecular weight excluding hydrogens is 429 g/mol. The van der Waals surface area contributed by atoms with E-state index in [4.69, 9.17) is 27.6 Å². The summed E-state index contributed by atoms with van der Waals surface area (Å²) in [5, 5.41) is 1.01. The van der Waals surface area contributed by atoms with Gasteiger partial charge in [-0.15, -0.1) is 11.8 Å². The summed E-state index contributed by atoms with van der Waals surface area (Å²) in [4.78, 5) is 28.2. The molecule has 4 nitrogen and oxygen atoms in total. The number of hydrogen-bond acceptors (Lipinski definition) is 4. The number of aryl methyl sites for hydroxylation is 1. The first kappa shape index (κ1) is 19.8. The SMILES string of the molecule is Cc1ccc(Cl)cc1N1C(=O)C(SCc2ccco2)=C(c2ccc(Cl)cc2)C1=O. The number of imide groups is 1. The third-order valence-electron chi connectivity index (χ3n) is 4.53. The van der Waals surface area contributed by atoms with Crippen LogP contribution in [0.1, 0.15) is 16.9 Å². The molecule has 2 amide bonds. The van der Waals surface area contributed by atoms with Crippen molar-refractivity contribution in [3.05, 3.63) is 92.7 Å². The van der Waals surface area contributed by atoms with E-state index in [1.807, 2.05) is 13.0 Å². The summed E-state index contributed by atoms with van der Waals surface area (Å²) in [5.41, 5.74) is 2.25. The van der Waals surface area contributed by atoms with E-state index in [-0.39, 0.29) is 11.8 Å². The van der Waals surface area contributed by atoms with E-state index in [2.05, 4.69) is 0 Å². The highest BCUT2D eigenvalue weighted by molar-refractivity contribution is 8.03. The highest BCUT2D eigenvalue weighted by Gasteiger charge is 2.40. The number of thioether (sulfide) groups is 1. The van der Waals surface area contributed by atoms with Gasteiger partial charge in [-0.3, -0.25) is 9.59 Å². The Morgan fingerprint density at radius 1 is 0.966 bits per heavy atom. The van der Waals surface area contributed by atoms with Crippen LogP contribution in [-0.2, 0) is 15.3 Å². The molecule has 7 heteroatoms. The first-order valence-electron chi connectivity index (χ1n) is 8.76. The van der Waals surface area contributed by atoms with Crippen LogP contribution in [0, 0.1) is 6.92 Å². The van der Waals surface area contributed by atoms with Gasteiger partial charge in [0, 0.05) is 10.0 Å². The molecule has 4 rings (SSSR count). The average Bonchev–Trinajstić information content (AvgIpc) is 3.30. The molecule has 29 heavy (non-hydrogen) atoms. The number of hydrogen-bond donors (Lipinski definition) is 0. The van der Waals surface area contributed by atoms with Gasteiger partial charge < -0.3 is 4.42 Å². The fraction of sp³-hybridized carbons (Fsp3) is 0.0909. The second-order valence-corrected chi connectivity index (χ2v) is 8.31. The van der Waals surface area contributed by atoms with Crippen molar-refractivity contribution >= 4 is 58.0 Å². The van der Waals surface area contributed by atoms with E-state index < -0.39 is 0 Å². The van der Waals surface area contributed by atoms with Crippen molar-refractivity contribution in [2.75, 3.05) is 4.90 Å². The lowest BCUT2D eigenvalue weighted by Crippen LogP contribution is -2.32. The number of benzene rings is 2. The summed E-state index contributed by atoms with van der Waals surface area (Å²) in [6, 6.07) is 15.6. The van der Waals surface area contributed by atoms with Gasteiger partial charge in [0.1, 0.15) is 5.76 Å². The molecule has 0 spiro atoms. The van der Waals surface area contributed by atoms with E-state index in [9.17, 15) is 9.59 Å². The molecule has 0 atom stereocenters. The maximum atomic E-state index is 13.4. The van der Waals surface area contributed by atoms with Crippen LogP contribution in [0.5, 0.6) is 0 Å². The van der Waals surface area contributed by atoms with Gasteiger partial charge in [0.15, 0.2) is 0 Å². The van der Waals surface area contributed by atoms with Crippen molar-refractivity contribution in [3.8, 4) is 0 Å². The van der Waals surface area contributed by atoms with Crippen LogP contribution in [0.15, 0.2) is 70.2 Å². The number of rotatable bonds is 5. The molecular formula is C22H15Cl2NO3S. The first-order valence-corrected chi connectivity index (χ1v) is 10.5. The summed E-state index contributed by atoms with van der Waals surface area (Å²) >= 11 is 13.4. The van der Waals surface area contributed by atoms with E-state index in [0.717, 1.165) is 11.3 Å². The Balaban J connectivity index is 1.78. The molecule has 1 aliphatic rings. The predicted octanol–water partition coefficient (Wildman–Crippen LogP) is 6.11. The maximum Gasteiger partial charge on any atom is 0.272 e. The number of amides is 2. The molecule has 146 valence electrons.